The molecule has 3 N–H and O–H groups in total. The van der Waals surface area contributed by atoms with Crippen LogP contribution in [0.4, 0.5) is 0 Å². The number of rotatable bonds is 7. The van der Waals surface area contributed by atoms with E-state index in [4.69, 9.17) is 49.7 Å². The van der Waals surface area contributed by atoms with Gasteiger partial charge in [-0.2, -0.15) is 0 Å². The molecule has 2 fully saturated rings. The number of azide groups is 2. The van der Waals surface area contributed by atoms with E-state index in [-0.39, 0.29) is 18.9 Å². The molecule has 0 aromatic carbocycles. The second-order valence-electron chi connectivity index (χ2n) is 9.22. The normalized spacial score (nSPS) is 24.9. The lowest BCUT2D eigenvalue weighted by Crippen LogP contribution is -2.28. The van der Waals surface area contributed by atoms with E-state index < -0.39 is 48.4 Å². The fourth-order valence-electron chi connectivity index (χ4n) is 4.26. The number of nitrogens with one attached hydrogen (secondary N) is 2. The Labute approximate surface area is 241 Å². The predicted octanol–water partition coefficient (Wildman–Crippen LogP) is 2.92. The number of hydrogen-bond donors (Lipinski definition) is 3. The highest BCUT2D eigenvalue weighted by Gasteiger charge is 2.37. The Hall–Kier alpha value is -3.83. The van der Waals surface area contributed by atoms with Crippen molar-refractivity contribution in [2.45, 2.75) is 70.4 Å². The zero-order valence-electron chi connectivity index (χ0n) is 22.2. The molecule has 17 nitrogen and oxygen atoms in total. The summed E-state index contributed by atoms with van der Waals surface area (Å²) >= 11 is 9.97. The second-order valence-corrected chi connectivity index (χ2v) is 10.0. The van der Waals surface area contributed by atoms with Gasteiger partial charge in [0.15, 0.2) is 0 Å². The molecule has 0 amide bonds. The monoisotopic (exact) mass is 608 g/mol. The number of aromatic nitrogens is 4. The van der Waals surface area contributed by atoms with Crippen LogP contribution in [-0.4, -0.2) is 67.7 Å². The van der Waals surface area contributed by atoms with Crippen LogP contribution in [0.25, 0.3) is 20.9 Å². The third-order valence-corrected chi connectivity index (χ3v) is 7.20. The Balaban J connectivity index is 0.000000228. The third kappa shape index (κ3) is 7.89. The molecule has 0 unspecified atom stereocenters. The number of aromatic amines is 2. The number of ether oxygens (including phenoxy) is 3. The first kappa shape index (κ1) is 31.7. The number of aryl methyl sites for hydroxylation is 2. The van der Waals surface area contributed by atoms with Gasteiger partial charge in [0.05, 0.1) is 24.8 Å². The van der Waals surface area contributed by atoms with Gasteiger partial charge in [-0.1, -0.05) is 34.7 Å². The first-order valence-corrected chi connectivity index (χ1v) is 13.1. The number of aliphatic hydroxyl groups excluding tert-OH is 1. The molecule has 2 aliphatic rings. The average Bonchev–Trinajstić information content (AvgIpc) is 3.51. The average molecular weight is 609 g/mol. The van der Waals surface area contributed by atoms with E-state index in [2.05, 4.69) is 30.0 Å². The summed E-state index contributed by atoms with van der Waals surface area (Å²) < 4.78 is 19.6. The molecule has 4 heterocycles. The van der Waals surface area contributed by atoms with Gasteiger partial charge in [-0.3, -0.25) is 23.9 Å². The zero-order valence-corrected chi connectivity index (χ0v) is 23.9. The number of H-pyrrole nitrogens is 2. The highest BCUT2D eigenvalue weighted by Crippen LogP contribution is 2.31. The van der Waals surface area contributed by atoms with Crippen molar-refractivity contribution in [3.8, 4) is 0 Å². The van der Waals surface area contributed by atoms with Crippen LogP contribution in [0.15, 0.2) is 32.2 Å². The molecule has 41 heavy (non-hydrogen) atoms. The number of carbonyl (C=O) groups is 1. The summed E-state index contributed by atoms with van der Waals surface area (Å²) in [6.07, 6.45) is 1.43. The van der Waals surface area contributed by atoms with E-state index in [1.807, 2.05) is 0 Å². The fourth-order valence-corrected chi connectivity index (χ4v) is 4.54. The molecular formula is C22H28N10O7S2. The van der Waals surface area contributed by atoms with Crippen molar-refractivity contribution in [3.63, 3.8) is 0 Å². The lowest BCUT2D eigenvalue weighted by Gasteiger charge is -2.16. The molecule has 2 aromatic rings. The highest BCUT2D eigenvalue weighted by atomic mass is 32.1. The van der Waals surface area contributed by atoms with Crippen LogP contribution in [0.2, 0.25) is 0 Å². The zero-order chi connectivity index (χ0) is 30.3. The minimum absolute atomic E-state index is 0.0356. The molecule has 0 spiro atoms. The van der Waals surface area contributed by atoms with Crippen LogP contribution in [0, 0.1) is 23.1 Å². The Morgan fingerprint density at radius 3 is 1.85 bits per heavy atom. The van der Waals surface area contributed by atoms with E-state index in [1.165, 1.54) is 16.1 Å². The van der Waals surface area contributed by atoms with Crippen LogP contribution in [0.5, 0.6) is 0 Å². The molecule has 6 atom stereocenters. The summed E-state index contributed by atoms with van der Waals surface area (Å²) in [4.78, 5) is 45.3. The maximum atomic E-state index is 12.0. The first-order chi connectivity index (χ1) is 19.5. The van der Waals surface area contributed by atoms with Crippen molar-refractivity contribution in [2.24, 2.45) is 10.2 Å². The van der Waals surface area contributed by atoms with Crippen molar-refractivity contribution in [3.05, 3.63) is 74.7 Å². The van der Waals surface area contributed by atoms with Gasteiger partial charge in [0.1, 0.15) is 34.4 Å². The van der Waals surface area contributed by atoms with E-state index in [9.17, 15) is 19.5 Å². The number of esters is 1. The maximum absolute atomic E-state index is 12.0. The van der Waals surface area contributed by atoms with Crippen LogP contribution < -0.4 is 11.4 Å². The summed E-state index contributed by atoms with van der Waals surface area (Å²) in [6.45, 7) is 4.52. The molecule has 4 rings (SSSR count). The molecular weight excluding hydrogens is 580 g/mol. The van der Waals surface area contributed by atoms with Crippen molar-refractivity contribution in [2.75, 3.05) is 13.2 Å². The van der Waals surface area contributed by atoms with Gasteiger partial charge in [0.2, 0.25) is 0 Å². The fraction of sp³-hybridized carbons (Fsp3) is 0.591. The van der Waals surface area contributed by atoms with Crippen LogP contribution in [0.3, 0.4) is 0 Å². The molecule has 2 aromatic heterocycles. The Kier molecular flexibility index (Phi) is 11.0. The molecule has 19 heteroatoms. The molecule has 2 saturated heterocycles. The van der Waals surface area contributed by atoms with E-state index in [0.29, 0.717) is 22.1 Å². The lowest BCUT2D eigenvalue weighted by molar-refractivity contribution is -0.146. The summed E-state index contributed by atoms with van der Waals surface area (Å²) in [7, 11) is 0. The van der Waals surface area contributed by atoms with Gasteiger partial charge in [0.25, 0.3) is 0 Å². The SMILES string of the molecule is CC(=O)OC[C@H]1O[C@@H](n2cc(C)c(=S)[nH]c2=O)C[C@@H]1N=[N+]=[N-].Cc1cn([C@H]2C[C@H](N=[N+]=[N-])[C@@H](CO)O2)c(=O)[nH]c1=S. The molecule has 0 aliphatic carbocycles. The third-order valence-electron chi connectivity index (χ3n) is 6.35. The van der Waals surface area contributed by atoms with Gasteiger partial charge in [-0.25, -0.2) is 9.59 Å². The molecule has 0 bridgehead atoms. The number of carbonyl (C=O) groups excluding carboxylic acids is 1. The summed E-state index contributed by atoms with van der Waals surface area (Å²) in [5.41, 5.74) is 17.8. The van der Waals surface area contributed by atoms with Crippen LogP contribution >= 0.6 is 24.4 Å². The van der Waals surface area contributed by atoms with Gasteiger partial charge in [0, 0.05) is 53.1 Å². The Morgan fingerprint density at radius 2 is 1.44 bits per heavy atom. The number of aliphatic hydroxyl groups is 1. The number of nitrogens with zero attached hydrogens (tertiary/aromatic N) is 8. The molecule has 220 valence electrons. The lowest BCUT2D eigenvalue weighted by atomic mass is 10.1. The predicted molar refractivity (Wildman–Crippen MR) is 148 cm³/mol. The maximum Gasteiger partial charge on any atom is 0.328 e. The van der Waals surface area contributed by atoms with Crippen LogP contribution in [-0.2, 0) is 19.0 Å². The molecule has 0 radical (unpaired) electrons. The minimum Gasteiger partial charge on any atom is -0.463 e. The number of hydrogen-bond acceptors (Lipinski definition) is 11. The van der Waals surface area contributed by atoms with Crippen molar-refractivity contribution < 1.29 is 24.1 Å². The topological polar surface area (TPSA) is 238 Å². The second kappa shape index (κ2) is 14.2. The van der Waals surface area contributed by atoms with E-state index in [1.54, 1.807) is 26.2 Å². The standard InChI is InChI=1S/C12H15N5O4S.C10H13N5O3S/c1-6-4-17(12(19)14-11(6)22)10-3-8(15-16-13)9(21-10)5-20-7(2)18;1-5-3-15(10(17)12-9(5)19)8-2-6(13-14-11)7(4-16)18-8/h4,8-10H,3,5H2,1-2H3,(H,14,19,22);3,6-8,16H,2,4H2,1H3,(H,12,17,19)/t8-,9+,10+;6-,7+,8+/m00/s1. The minimum atomic E-state index is -0.617. The van der Waals surface area contributed by atoms with Gasteiger partial charge < -0.3 is 19.3 Å². The summed E-state index contributed by atoms with van der Waals surface area (Å²) in [5.74, 6) is -0.455. The van der Waals surface area contributed by atoms with Crippen molar-refractivity contribution in [1.82, 2.24) is 19.1 Å². The van der Waals surface area contributed by atoms with Crippen molar-refractivity contribution in [1.29, 1.82) is 0 Å². The smallest absolute Gasteiger partial charge is 0.328 e. The largest absolute Gasteiger partial charge is 0.463 e. The quantitative estimate of drug-likeness (QED) is 0.137. The summed E-state index contributed by atoms with van der Waals surface area (Å²) in [6, 6.07) is -1.01. The summed E-state index contributed by atoms with van der Waals surface area (Å²) in [5, 5.41) is 16.4. The Morgan fingerprint density at radius 1 is 1.00 bits per heavy atom. The van der Waals surface area contributed by atoms with Gasteiger partial charge >= 0.3 is 17.3 Å². The first-order valence-electron chi connectivity index (χ1n) is 12.3. The molecule has 2 aliphatic heterocycles. The molecule has 0 saturated carbocycles. The van der Waals surface area contributed by atoms with E-state index >= 15 is 0 Å². The van der Waals surface area contributed by atoms with E-state index in [0.717, 1.165) is 11.1 Å². The highest BCUT2D eigenvalue weighted by molar-refractivity contribution is 7.71. The van der Waals surface area contributed by atoms with Gasteiger partial charge in [-0.05, 0) is 24.9 Å². The van der Waals surface area contributed by atoms with Crippen molar-refractivity contribution >= 4 is 30.4 Å². The Bertz CT molecular complexity index is 1610. The van der Waals surface area contributed by atoms with Gasteiger partial charge in [-0.15, -0.1) is 0 Å². The van der Waals surface area contributed by atoms with Crippen LogP contribution in [0.1, 0.15) is 43.3 Å².